The Hall–Kier alpha value is -2.56. The molecule has 27 heavy (non-hydrogen) atoms. The first kappa shape index (κ1) is 20.7. The van der Waals surface area contributed by atoms with Gasteiger partial charge in [-0.25, -0.2) is 9.18 Å². The van der Waals surface area contributed by atoms with E-state index in [9.17, 15) is 14.3 Å². The summed E-state index contributed by atoms with van der Waals surface area (Å²) < 4.78 is 20.3. The van der Waals surface area contributed by atoms with Crippen LogP contribution in [0.2, 0.25) is 0 Å². The van der Waals surface area contributed by atoms with Crippen molar-refractivity contribution in [3.63, 3.8) is 0 Å². The van der Waals surface area contributed by atoms with Crippen LogP contribution < -0.4 is 4.74 Å². The third-order valence-electron chi connectivity index (χ3n) is 4.65. The van der Waals surface area contributed by atoms with Crippen molar-refractivity contribution in [2.75, 3.05) is 6.61 Å². The van der Waals surface area contributed by atoms with E-state index >= 15 is 0 Å². The number of hydrogen-bond acceptors (Lipinski definition) is 3. The maximum atomic E-state index is 15.0. The van der Waals surface area contributed by atoms with Crippen LogP contribution in [0.5, 0.6) is 11.5 Å². The Balaban J connectivity index is 2.47. The molecule has 0 aromatic heterocycles. The van der Waals surface area contributed by atoms with Crippen LogP contribution in [0.15, 0.2) is 24.3 Å². The number of halogens is 1. The number of carbonyl (C=O) groups is 1. The zero-order valence-electron chi connectivity index (χ0n) is 16.5. The fourth-order valence-corrected chi connectivity index (χ4v) is 3.30. The lowest BCUT2D eigenvalue weighted by molar-refractivity contribution is -0.139. The molecule has 0 spiro atoms. The number of phenolic OH excluding ortho intramolecular Hbond substituents is 1. The summed E-state index contributed by atoms with van der Waals surface area (Å²) in [6.07, 6.45) is 0.393. The van der Waals surface area contributed by atoms with E-state index in [0.717, 1.165) is 16.7 Å². The molecule has 0 unspecified atom stereocenters. The maximum Gasteiger partial charge on any atom is 0.341 e. The second-order valence-electron chi connectivity index (χ2n) is 7.45. The van der Waals surface area contributed by atoms with E-state index in [2.05, 4.69) is 0 Å². The fraction of sp³-hybridized carbons (Fsp3) is 0.409. The minimum absolute atomic E-state index is 0.0236. The van der Waals surface area contributed by atoms with Crippen LogP contribution in [0.3, 0.4) is 0 Å². The summed E-state index contributed by atoms with van der Waals surface area (Å²) in [5, 5.41) is 18.8. The first-order valence-electron chi connectivity index (χ1n) is 9.10. The average Bonchev–Trinajstić information content (AvgIpc) is 2.56. The molecule has 0 aliphatic carbocycles. The van der Waals surface area contributed by atoms with Gasteiger partial charge in [-0.2, -0.15) is 0 Å². The van der Waals surface area contributed by atoms with Crippen LogP contribution in [-0.2, 0) is 11.2 Å². The predicted octanol–water partition coefficient (Wildman–Crippen LogP) is 5.14. The maximum absolute atomic E-state index is 15.0. The van der Waals surface area contributed by atoms with E-state index in [1.54, 1.807) is 18.2 Å². The van der Waals surface area contributed by atoms with Gasteiger partial charge in [0.2, 0.25) is 0 Å². The van der Waals surface area contributed by atoms with Crippen molar-refractivity contribution in [3.8, 4) is 11.5 Å². The Morgan fingerprint density at radius 3 is 2.37 bits per heavy atom. The molecule has 0 aliphatic heterocycles. The zero-order valence-corrected chi connectivity index (χ0v) is 16.5. The van der Waals surface area contributed by atoms with Gasteiger partial charge >= 0.3 is 5.97 Å². The monoisotopic (exact) mass is 374 g/mol. The van der Waals surface area contributed by atoms with Crippen LogP contribution in [0, 0.1) is 12.7 Å². The van der Waals surface area contributed by atoms with Gasteiger partial charge in [-0.15, -0.1) is 0 Å². The Morgan fingerprint density at radius 2 is 1.81 bits per heavy atom. The largest absolute Gasteiger partial charge is 0.508 e. The van der Waals surface area contributed by atoms with E-state index in [0.29, 0.717) is 23.3 Å². The van der Waals surface area contributed by atoms with Gasteiger partial charge < -0.3 is 14.9 Å². The zero-order chi connectivity index (χ0) is 20.3. The van der Waals surface area contributed by atoms with Crippen molar-refractivity contribution in [2.24, 2.45) is 0 Å². The van der Waals surface area contributed by atoms with Gasteiger partial charge in [0.15, 0.2) is 6.61 Å². The van der Waals surface area contributed by atoms with Crippen molar-refractivity contribution in [1.29, 1.82) is 0 Å². The summed E-state index contributed by atoms with van der Waals surface area (Å²) in [5.74, 6) is -0.888. The molecule has 2 rings (SSSR count). The molecular formula is C22H27FO4. The molecule has 0 amide bonds. The van der Waals surface area contributed by atoms with Gasteiger partial charge in [0.25, 0.3) is 0 Å². The lowest BCUT2D eigenvalue weighted by atomic mass is 9.88. The quantitative estimate of drug-likeness (QED) is 0.704. The number of carboxylic acids is 1. The van der Waals surface area contributed by atoms with Crippen molar-refractivity contribution in [1.82, 2.24) is 0 Å². The highest BCUT2D eigenvalue weighted by Gasteiger charge is 2.19. The Bertz CT molecular complexity index is 841. The number of ether oxygens (including phenoxy) is 1. The molecule has 0 aliphatic rings. The number of phenols is 1. The summed E-state index contributed by atoms with van der Waals surface area (Å²) in [5.41, 5.74) is 3.76. The van der Waals surface area contributed by atoms with Gasteiger partial charge in [-0.05, 0) is 59.2 Å². The van der Waals surface area contributed by atoms with Gasteiger partial charge in [0.05, 0.1) is 0 Å². The molecule has 0 radical (unpaired) electrons. The second-order valence-corrected chi connectivity index (χ2v) is 7.45. The molecule has 4 nitrogen and oxygen atoms in total. The summed E-state index contributed by atoms with van der Waals surface area (Å²) in [4.78, 5) is 10.7. The third kappa shape index (κ3) is 4.79. The molecule has 0 fully saturated rings. The molecular weight excluding hydrogens is 347 g/mol. The average molecular weight is 374 g/mol. The minimum Gasteiger partial charge on any atom is -0.508 e. The summed E-state index contributed by atoms with van der Waals surface area (Å²) in [6, 6.07) is 6.78. The van der Waals surface area contributed by atoms with Gasteiger partial charge in [-0.1, -0.05) is 33.8 Å². The number of aromatic hydroxyl groups is 1. The lowest BCUT2D eigenvalue weighted by Crippen LogP contribution is -2.11. The number of aliphatic carboxylic acids is 1. The molecule has 146 valence electrons. The molecule has 0 saturated heterocycles. The van der Waals surface area contributed by atoms with E-state index in [-0.39, 0.29) is 23.4 Å². The molecule has 0 heterocycles. The summed E-state index contributed by atoms with van der Waals surface area (Å²) in [6.45, 7) is 9.28. The lowest BCUT2D eigenvalue weighted by Gasteiger charge is -2.19. The van der Waals surface area contributed by atoms with Crippen LogP contribution in [0.4, 0.5) is 4.39 Å². The first-order valence-corrected chi connectivity index (χ1v) is 9.10. The second kappa shape index (κ2) is 8.42. The topological polar surface area (TPSA) is 66.8 Å². The van der Waals surface area contributed by atoms with Crippen molar-refractivity contribution in [2.45, 2.75) is 52.9 Å². The highest BCUT2D eigenvalue weighted by atomic mass is 19.1. The molecule has 2 aromatic carbocycles. The third-order valence-corrected chi connectivity index (χ3v) is 4.65. The van der Waals surface area contributed by atoms with Crippen LogP contribution in [-0.4, -0.2) is 22.8 Å². The predicted molar refractivity (Wildman–Crippen MR) is 103 cm³/mol. The Morgan fingerprint density at radius 1 is 1.15 bits per heavy atom. The van der Waals surface area contributed by atoms with Crippen molar-refractivity contribution in [3.05, 3.63) is 57.9 Å². The van der Waals surface area contributed by atoms with Gasteiger partial charge in [0.1, 0.15) is 17.3 Å². The molecule has 2 N–H and O–H groups in total. The molecule has 0 bridgehead atoms. The van der Waals surface area contributed by atoms with Gasteiger partial charge in [-0.3, -0.25) is 0 Å². The number of benzene rings is 2. The van der Waals surface area contributed by atoms with Crippen molar-refractivity contribution >= 4 is 5.97 Å². The van der Waals surface area contributed by atoms with E-state index in [1.165, 1.54) is 0 Å². The fourth-order valence-electron chi connectivity index (χ4n) is 3.30. The normalized spacial score (nSPS) is 11.3. The van der Waals surface area contributed by atoms with E-state index in [1.807, 2.05) is 40.7 Å². The number of hydrogen-bond donors (Lipinski definition) is 2. The smallest absolute Gasteiger partial charge is 0.341 e. The van der Waals surface area contributed by atoms with Crippen LogP contribution >= 0.6 is 0 Å². The highest BCUT2D eigenvalue weighted by molar-refractivity contribution is 5.68. The van der Waals surface area contributed by atoms with Crippen LogP contribution in [0.1, 0.15) is 67.3 Å². The number of rotatable bonds is 7. The highest BCUT2D eigenvalue weighted by Crippen LogP contribution is 2.34. The standard InChI is InChI=1S/C22H27FO4/c1-12(2)17-10-16(27-11-20(25)26)8-14(5)18(17)9-15-6-7-19(24)21(13(3)4)22(15)23/h6-8,10,12-13,24H,9,11H2,1-5H3,(H,25,26). The number of aryl methyl sites for hydroxylation is 1. The van der Waals surface area contributed by atoms with Crippen LogP contribution in [0.25, 0.3) is 0 Å². The summed E-state index contributed by atoms with van der Waals surface area (Å²) >= 11 is 0. The Labute approximate surface area is 159 Å². The minimum atomic E-state index is -1.03. The first-order chi connectivity index (χ1) is 12.6. The van der Waals surface area contributed by atoms with E-state index in [4.69, 9.17) is 9.84 Å². The molecule has 0 saturated carbocycles. The number of carboxylic acid groups (broad SMARTS) is 1. The Kier molecular flexibility index (Phi) is 6.47. The SMILES string of the molecule is Cc1cc(OCC(=O)O)cc(C(C)C)c1Cc1ccc(O)c(C(C)C)c1F. The molecule has 0 atom stereocenters. The molecule has 2 aromatic rings. The van der Waals surface area contributed by atoms with Gasteiger partial charge in [0, 0.05) is 12.0 Å². The van der Waals surface area contributed by atoms with E-state index < -0.39 is 12.6 Å². The molecule has 5 heteroatoms. The summed E-state index contributed by atoms with van der Waals surface area (Å²) in [7, 11) is 0. The van der Waals surface area contributed by atoms with Crippen molar-refractivity contribution < 1.29 is 24.1 Å².